The van der Waals surface area contributed by atoms with Crippen LogP contribution in [0.4, 0.5) is 10.2 Å². The number of carbonyl (C=O) groups excluding carboxylic acids is 1. The molecular formula is C22H25FN4O4. The maximum Gasteiger partial charge on any atom is 0.231 e. The molecule has 8 nitrogen and oxygen atoms in total. The first-order chi connectivity index (χ1) is 14.6. The largest absolute Gasteiger partial charge is 0.453 e. The van der Waals surface area contributed by atoms with E-state index in [0.717, 1.165) is 0 Å². The van der Waals surface area contributed by atoms with Crippen LogP contribution in [-0.2, 0) is 11.3 Å². The van der Waals surface area contributed by atoms with Crippen molar-refractivity contribution in [1.82, 2.24) is 14.8 Å². The number of rotatable bonds is 5. The molecule has 0 aliphatic carbocycles. The van der Waals surface area contributed by atoms with Crippen LogP contribution in [0.15, 0.2) is 24.4 Å². The fraction of sp³-hybridized carbons (Fsp3) is 0.409. The number of amides is 1. The molecule has 1 amide bonds. The highest BCUT2D eigenvalue weighted by Gasteiger charge is 2.25. The lowest BCUT2D eigenvalue weighted by Gasteiger charge is -2.16. The van der Waals surface area contributed by atoms with Gasteiger partial charge in [0.1, 0.15) is 0 Å². The number of halogens is 1. The van der Waals surface area contributed by atoms with Gasteiger partial charge in [-0.1, -0.05) is 20.8 Å². The number of aliphatic hydroxyl groups is 1. The number of ether oxygens (including phenoxy) is 2. The Labute approximate surface area is 179 Å². The Morgan fingerprint density at radius 2 is 2.13 bits per heavy atom. The van der Waals surface area contributed by atoms with Crippen LogP contribution < -0.4 is 14.8 Å². The van der Waals surface area contributed by atoms with Gasteiger partial charge in [-0.2, -0.15) is 5.10 Å². The highest BCUT2D eigenvalue weighted by molar-refractivity contribution is 6.01. The third kappa shape index (κ3) is 4.05. The van der Waals surface area contributed by atoms with Gasteiger partial charge in [0, 0.05) is 29.3 Å². The average molecular weight is 428 g/mol. The van der Waals surface area contributed by atoms with E-state index in [1.165, 1.54) is 0 Å². The number of carbonyl (C=O) groups is 1. The summed E-state index contributed by atoms with van der Waals surface area (Å²) in [5, 5.41) is 17.6. The molecule has 0 fully saturated rings. The van der Waals surface area contributed by atoms with E-state index < -0.39 is 17.3 Å². The zero-order valence-electron chi connectivity index (χ0n) is 17.9. The second-order valence-corrected chi connectivity index (χ2v) is 8.67. The maximum absolute atomic E-state index is 15.0. The van der Waals surface area contributed by atoms with Crippen molar-refractivity contribution < 1.29 is 23.8 Å². The zero-order valence-corrected chi connectivity index (χ0v) is 17.9. The molecule has 1 aliphatic rings. The van der Waals surface area contributed by atoms with E-state index >= 15 is 0 Å². The fourth-order valence-corrected chi connectivity index (χ4v) is 3.22. The van der Waals surface area contributed by atoms with Gasteiger partial charge in [0.15, 0.2) is 23.0 Å². The number of nitrogens with zero attached hydrogens (tertiary/aromatic N) is 3. The molecule has 0 saturated carbocycles. The summed E-state index contributed by atoms with van der Waals surface area (Å²) >= 11 is 0. The smallest absolute Gasteiger partial charge is 0.231 e. The topological polar surface area (TPSA) is 98.5 Å². The Morgan fingerprint density at radius 1 is 1.35 bits per heavy atom. The fourth-order valence-electron chi connectivity index (χ4n) is 3.22. The Bertz CT molecular complexity index is 1150. The molecule has 1 aliphatic heterocycles. The number of hydrogen-bond acceptors (Lipinski definition) is 6. The van der Waals surface area contributed by atoms with E-state index in [4.69, 9.17) is 9.47 Å². The Hall–Kier alpha value is -3.20. The second-order valence-electron chi connectivity index (χ2n) is 8.67. The van der Waals surface area contributed by atoms with Crippen LogP contribution in [-0.4, -0.2) is 38.7 Å². The van der Waals surface area contributed by atoms with E-state index in [-0.39, 0.29) is 18.4 Å². The van der Waals surface area contributed by atoms with Gasteiger partial charge >= 0.3 is 0 Å². The predicted molar refractivity (Wildman–Crippen MR) is 113 cm³/mol. The first-order valence-corrected chi connectivity index (χ1v) is 10.1. The standard InChI is InChI=1S/C22H25FN4O4/c1-12(28)7-8-27-20-15(19(26-27)25-21(29)22(2,3)4)9-13(10-24-20)14-5-6-16-18(17(14)23)31-11-30-16/h5-6,9-10,12,28H,7-8,11H2,1-4H3,(H,25,26,29)/t12-/m0/s1. The van der Waals surface area contributed by atoms with E-state index in [0.29, 0.717) is 46.7 Å². The van der Waals surface area contributed by atoms with Gasteiger partial charge in [-0.25, -0.2) is 14.1 Å². The van der Waals surface area contributed by atoms with Gasteiger partial charge in [0.05, 0.1) is 11.5 Å². The van der Waals surface area contributed by atoms with Crippen molar-refractivity contribution in [3.8, 4) is 22.6 Å². The number of fused-ring (bicyclic) bond motifs is 2. The van der Waals surface area contributed by atoms with Crippen LogP contribution in [0.1, 0.15) is 34.1 Å². The molecule has 3 aromatic rings. The predicted octanol–water partition coefficient (Wildman–Crippen LogP) is 3.72. The SMILES string of the molecule is C[C@H](O)CCn1nc(NC(=O)C(C)(C)C)c2cc(-c3ccc4c(c3F)OCO4)cnc21. The van der Waals surface area contributed by atoms with Gasteiger partial charge in [0.2, 0.25) is 18.4 Å². The molecule has 1 aromatic carbocycles. The lowest BCUT2D eigenvalue weighted by Crippen LogP contribution is -2.28. The molecule has 4 rings (SSSR count). The molecule has 1 atom stereocenters. The van der Waals surface area contributed by atoms with Crippen LogP contribution in [0.3, 0.4) is 0 Å². The number of anilines is 1. The maximum atomic E-state index is 15.0. The summed E-state index contributed by atoms with van der Waals surface area (Å²) < 4.78 is 27.1. The molecule has 0 saturated heterocycles. The number of aryl methyl sites for hydroxylation is 1. The first-order valence-electron chi connectivity index (χ1n) is 10.1. The number of nitrogens with one attached hydrogen (secondary N) is 1. The van der Waals surface area contributed by atoms with Crippen molar-refractivity contribution in [2.24, 2.45) is 5.41 Å². The number of aliphatic hydroxyl groups excluding tert-OH is 1. The summed E-state index contributed by atoms with van der Waals surface area (Å²) in [7, 11) is 0. The van der Waals surface area contributed by atoms with E-state index in [2.05, 4.69) is 15.4 Å². The zero-order chi connectivity index (χ0) is 22.3. The van der Waals surface area contributed by atoms with E-state index in [1.54, 1.807) is 56.8 Å². The lowest BCUT2D eigenvalue weighted by molar-refractivity contribution is -0.123. The number of hydrogen-bond donors (Lipinski definition) is 2. The van der Waals surface area contributed by atoms with Gasteiger partial charge in [-0.3, -0.25) is 4.79 Å². The molecular weight excluding hydrogens is 403 g/mol. The molecule has 31 heavy (non-hydrogen) atoms. The minimum absolute atomic E-state index is 0.0218. The third-order valence-electron chi connectivity index (χ3n) is 5.05. The monoisotopic (exact) mass is 428 g/mol. The molecule has 164 valence electrons. The van der Waals surface area contributed by atoms with Gasteiger partial charge < -0.3 is 19.9 Å². The summed E-state index contributed by atoms with van der Waals surface area (Å²) in [6, 6.07) is 5.00. The molecule has 3 heterocycles. The molecule has 2 N–H and O–H groups in total. The van der Waals surface area contributed by atoms with E-state index in [1.807, 2.05) is 0 Å². The molecule has 0 radical (unpaired) electrons. The van der Waals surface area contributed by atoms with Gasteiger partial charge in [-0.15, -0.1) is 0 Å². The lowest BCUT2D eigenvalue weighted by atomic mass is 9.96. The molecule has 0 bridgehead atoms. The Kier molecular flexibility index (Phi) is 5.30. The van der Waals surface area contributed by atoms with Gasteiger partial charge in [0.25, 0.3) is 0 Å². The number of aromatic nitrogens is 3. The highest BCUT2D eigenvalue weighted by Crippen LogP contribution is 2.40. The first kappa shape index (κ1) is 21.0. The number of benzene rings is 1. The molecule has 0 unspecified atom stereocenters. The van der Waals surface area contributed by atoms with Crippen LogP contribution in [0.2, 0.25) is 0 Å². The Balaban J connectivity index is 1.80. The van der Waals surface area contributed by atoms with E-state index in [9.17, 15) is 14.3 Å². The normalized spacial score (nSPS) is 14.1. The quantitative estimate of drug-likeness (QED) is 0.643. The van der Waals surface area contributed by atoms with Crippen molar-refractivity contribution in [3.05, 3.63) is 30.2 Å². The summed E-state index contributed by atoms with van der Waals surface area (Å²) in [5.74, 6) is 0.0500. The van der Waals surface area contributed by atoms with Crippen molar-refractivity contribution >= 4 is 22.8 Å². The van der Waals surface area contributed by atoms with Crippen molar-refractivity contribution in [2.75, 3.05) is 12.1 Å². The summed E-state index contributed by atoms with van der Waals surface area (Å²) in [5.41, 5.74) is 0.743. The summed E-state index contributed by atoms with van der Waals surface area (Å²) in [6.45, 7) is 7.51. The molecule has 0 spiro atoms. The highest BCUT2D eigenvalue weighted by atomic mass is 19.1. The molecule has 2 aromatic heterocycles. The van der Waals surface area contributed by atoms with Crippen LogP contribution in [0.25, 0.3) is 22.2 Å². The summed E-state index contributed by atoms with van der Waals surface area (Å²) in [6.07, 6.45) is 1.52. The van der Waals surface area contributed by atoms with Crippen LogP contribution in [0, 0.1) is 11.2 Å². The van der Waals surface area contributed by atoms with Crippen molar-refractivity contribution in [3.63, 3.8) is 0 Å². The van der Waals surface area contributed by atoms with Crippen molar-refractivity contribution in [2.45, 2.75) is 46.8 Å². The minimum atomic E-state index is -0.621. The third-order valence-corrected chi connectivity index (χ3v) is 5.05. The van der Waals surface area contributed by atoms with Crippen molar-refractivity contribution in [1.29, 1.82) is 0 Å². The summed E-state index contributed by atoms with van der Waals surface area (Å²) in [4.78, 5) is 17.1. The molecule has 9 heteroatoms. The van der Waals surface area contributed by atoms with Crippen LogP contribution >= 0.6 is 0 Å². The number of pyridine rings is 1. The Morgan fingerprint density at radius 3 is 2.84 bits per heavy atom. The van der Waals surface area contributed by atoms with Crippen LogP contribution in [0.5, 0.6) is 11.5 Å². The second kappa shape index (κ2) is 7.81. The minimum Gasteiger partial charge on any atom is -0.453 e. The average Bonchev–Trinajstić information content (AvgIpc) is 3.31. The van der Waals surface area contributed by atoms with Gasteiger partial charge in [-0.05, 0) is 31.5 Å².